The molecule has 0 aromatic rings. The van der Waals surface area contributed by atoms with Crippen molar-refractivity contribution in [3.8, 4) is 0 Å². The number of rotatable bonds is 2. The molecule has 17 heavy (non-hydrogen) atoms. The Kier molecular flexibility index (Phi) is 4.01. The van der Waals surface area contributed by atoms with Crippen LogP contribution < -0.4 is 5.73 Å². The van der Waals surface area contributed by atoms with E-state index in [2.05, 4.69) is 0 Å². The zero-order valence-electron chi connectivity index (χ0n) is 9.51. The van der Waals surface area contributed by atoms with E-state index in [1.807, 2.05) is 6.92 Å². The second-order valence-electron chi connectivity index (χ2n) is 4.60. The Balaban J connectivity index is 2.53. The van der Waals surface area contributed by atoms with Gasteiger partial charge in [-0.2, -0.15) is 13.2 Å². The number of halogens is 3. The van der Waals surface area contributed by atoms with Gasteiger partial charge in [0, 0.05) is 18.5 Å². The molecule has 0 saturated carbocycles. The van der Waals surface area contributed by atoms with E-state index < -0.39 is 18.5 Å². The van der Waals surface area contributed by atoms with E-state index in [1.54, 1.807) is 0 Å². The van der Waals surface area contributed by atoms with Gasteiger partial charge in [-0.3, -0.25) is 4.79 Å². The summed E-state index contributed by atoms with van der Waals surface area (Å²) in [4.78, 5) is 12.9. The highest BCUT2D eigenvalue weighted by atomic mass is 32.1. The highest BCUT2D eigenvalue weighted by Crippen LogP contribution is 2.32. The molecule has 1 fully saturated rings. The Morgan fingerprint density at radius 1 is 1.41 bits per heavy atom. The highest BCUT2D eigenvalue weighted by molar-refractivity contribution is 7.80. The lowest BCUT2D eigenvalue weighted by atomic mass is 9.80. The number of amides is 1. The zero-order valence-corrected chi connectivity index (χ0v) is 10.3. The van der Waals surface area contributed by atoms with Gasteiger partial charge in [0.2, 0.25) is 5.91 Å². The molecule has 0 spiro atoms. The minimum atomic E-state index is -4.44. The average Bonchev–Trinajstić information content (AvgIpc) is 2.15. The molecule has 0 radical (unpaired) electrons. The number of carbonyl (C=O) groups is 1. The van der Waals surface area contributed by atoms with Crippen molar-refractivity contribution in [3.63, 3.8) is 0 Å². The molecule has 1 saturated heterocycles. The molecule has 7 heteroatoms. The molecule has 0 aromatic heterocycles. The van der Waals surface area contributed by atoms with Crippen LogP contribution >= 0.6 is 12.2 Å². The van der Waals surface area contributed by atoms with Gasteiger partial charge < -0.3 is 10.6 Å². The van der Waals surface area contributed by atoms with Crippen LogP contribution in [0.4, 0.5) is 13.2 Å². The third-order valence-corrected chi connectivity index (χ3v) is 3.66. The Labute approximate surface area is 103 Å². The van der Waals surface area contributed by atoms with Crippen molar-refractivity contribution in [2.24, 2.45) is 11.1 Å². The van der Waals surface area contributed by atoms with Crippen LogP contribution in [0, 0.1) is 5.41 Å². The monoisotopic (exact) mass is 268 g/mol. The van der Waals surface area contributed by atoms with E-state index in [4.69, 9.17) is 18.0 Å². The smallest absolute Gasteiger partial charge is 0.393 e. The van der Waals surface area contributed by atoms with Gasteiger partial charge in [-0.15, -0.1) is 0 Å². The Bertz CT molecular complexity index is 322. The first-order chi connectivity index (χ1) is 7.64. The predicted molar refractivity (Wildman–Crippen MR) is 61.4 cm³/mol. The standard InChI is InChI=1S/C10H15F3N2OS/c1-9(8(14)17)2-4-15(5-3-9)7(16)6-10(11,12)13/h2-6H2,1H3,(H2,14,17). The molecule has 1 aliphatic rings. The molecule has 0 unspecified atom stereocenters. The van der Waals surface area contributed by atoms with Crippen molar-refractivity contribution in [1.29, 1.82) is 0 Å². The van der Waals surface area contributed by atoms with Crippen molar-refractivity contribution < 1.29 is 18.0 Å². The van der Waals surface area contributed by atoms with E-state index in [-0.39, 0.29) is 18.5 Å². The van der Waals surface area contributed by atoms with Crippen LogP contribution in [0.1, 0.15) is 26.2 Å². The summed E-state index contributed by atoms with van der Waals surface area (Å²) in [5.41, 5.74) is 5.23. The molecule has 2 N–H and O–H groups in total. The number of nitrogens with zero attached hydrogens (tertiary/aromatic N) is 1. The number of likely N-dealkylation sites (tertiary alicyclic amines) is 1. The molecule has 0 aromatic carbocycles. The van der Waals surface area contributed by atoms with E-state index in [1.165, 1.54) is 4.90 Å². The van der Waals surface area contributed by atoms with Crippen molar-refractivity contribution >= 4 is 23.1 Å². The summed E-state index contributed by atoms with van der Waals surface area (Å²) in [5, 5.41) is 0. The first kappa shape index (κ1) is 14.2. The van der Waals surface area contributed by atoms with Crippen LogP contribution in [0.2, 0.25) is 0 Å². The second kappa shape index (κ2) is 4.80. The summed E-state index contributed by atoms with van der Waals surface area (Å²) >= 11 is 4.92. The number of piperidine rings is 1. The summed E-state index contributed by atoms with van der Waals surface area (Å²) in [6, 6.07) is 0. The van der Waals surface area contributed by atoms with E-state index in [9.17, 15) is 18.0 Å². The normalized spacial score (nSPS) is 20.1. The minimum absolute atomic E-state index is 0.281. The molecule has 98 valence electrons. The second-order valence-corrected chi connectivity index (χ2v) is 5.04. The van der Waals surface area contributed by atoms with Gasteiger partial charge in [0.1, 0.15) is 6.42 Å². The van der Waals surface area contributed by atoms with Crippen LogP contribution in [0.15, 0.2) is 0 Å². The lowest BCUT2D eigenvalue weighted by molar-refractivity contribution is -0.162. The molecular formula is C10H15F3N2OS. The number of nitrogens with two attached hydrogens (primary N) is 1. The summed E-state index contributed by atoms with van der Waals surface area (Å²) in [7, 11) is 0. The molecule has 0 aliphatic carbocycles. The molecule has 1 rings (SSSR count). The minimum Gasteiger partial charge on any atom is -0.393 e. The molecule has 3 nitrogen and oxygen atoms in total. The van der Waals surface area contributed by atoms with Gasteiger partial charge in [-0.1, -0.05) is 19.1 Å². The number of hydrogen-bond acceptors (Lipinski definition) is 2. The zero-order chi connectivity index (χ0) is 13.3. The van der Waals surface area contributed by atoms with Crippen LogP contribution in [-0.2, 0) is 4.79 Å². The van der Waals surface area contributed by atoms with Gasteiger partial charge >= 0.3 is 6.18 Å². The van der Waals surface area contributed by atoms with E-state index in [0.717, 1.165) is 0 Å². The third kappa shape index (κ3) is 3.83. The Hall–Kier alpha value is -0.850. The Morgan fingerprint density at radius 3 is 2.24 bits per heavy atom. The van der Waals surface area contributed by atoms with Gasteiger partial charge in [-0.25, -0.2) is 0 Å². The largest absolute Gasteiger partial charge is 0.397 e. The molecule has 0 bridgehead atoms. The lowest BCUT2D eigenvalue weighted by Crippen LogP contribution is -2.47. The van der Waals surface area contributed by atoms with Crippen molar-refractivity contribution in [1.82, 2.24) is 4.90 Å². The van der Waals surface area contributed by atoms with Crippen LogP contribution in [0.5, 0.6) is 0 Å². The molecular weight excluding hydrogens is 253 g/mol. The molecule has 1 aliphatic heterocycles. The Morgan fingerprint density at radius 2 is 1.88 bits per heavy atom. The van der Waals surface area contributed by atoms with Crippen LogP contribution in [0.3, 0.4) is 0 Å². The van der Waals surface area contributed by atoms with E-state index >= 15 is 0 Å². The summed E-state index contributed by atoms with van der Waals surface area (Å²) in [5.74, 6) is -0.873. The van der Waals surface area contributed by atoms with Gasteiger partial charge in [-0.05, 0) is 12.8 Å². The van der Waals surface area contributed by atoms with Crippen molar-refractivity contribution in [2.45, 2.75) is 32.4 Å². The summed E-state index contributed by atoms with van der Waals surface area (Å²) < 4.78 is 36.2. The molecule has 0 atom stereocenters. The first-order valence-electron chi connectivity index (χ1n) is 5.28. The van der Waals surface area contributed by atoms with Gasteiger partial charge in [0.05, 0.1) is 4.99 Å². The quantitative estimate of drug-likeness (QED) is 0.777. The summed E-state index contributed by atoms with van der Waals surface area (Å²) in [6.45, 7) is 2.44. The fourth-order valence-electron chi connectivity index (χ4n) is 1.78. The van der Waals surface area contributed by atoms with Crippen LogP contribution in [-0.4, -0.2) is 35.1 Å². The van der Waals surface area contributed by atoms with Gasteiger partial charge in [0.15, 0.2) is 0 Å². The maximum absolute atomic E-state index is 12.1. The van der Waals surface area contributed by atoms with E-state index in [0.29, 0.717) is 17.8 Å². The van der Waals surface area contributed by atoms with Crippen molar-refractivity contribution in [3.05, 3.63) is 0 Å². The molecule has 1 heterocycles. The highest BCUT2D eigenvalue weighted by Gasteiger charge is 2.38. The molecule has 1 amide bonds. The fraction of sp³-hybridized carbons (Fsp3) is 0.800. The maximum Gasteiger partial charge on any atom is 0.397 e. The topological polar surface area (TPSA) is 46.3 Å². The average molecular weight is 268 g/mol. The fourth-order valence-corrected chi connectivity index (χ4v) is 1.98. The van der Waals surface area contributed by atoms with Crippen LogP contribution in [0.25, 0.3) is 0 Å². The number of hydrogen-bond donors (Lipinski definition) is 1. The van der Waals surface area contributed by atoms with Gasteiger partial charge in [0.25, 0.3) is 0 Å². The number of alkyl halides is 3. The number of thiocarbonyl (C=S) groups is 1. The third-order valence-electron chi connectivity index (χ3n) is 3.17. The van der Waals surface area contributed by atoms with Crippen molar-refractivity contribution in [2.75, 3.05) is 13.1 Å². The SMILES string of the molecule is CC1(C(N)=S)CCN(C(=O)CC(F)(F)F)CC1. The first-order valence-corrected chi connectivity index (χ1v) is 5.69. The summed E-state index contributed by atoms with van der Waals surface area (Å²) in [6.07, 6.45) is -4.80. The number of carbonyl (C=O) groups excluding carboxylic acids is 1. The predicted octanol–water partition coefficient (Wildman–Crippen LogP) is 1.85. The lowest BCUT2D eigenvalue weighted by Gasteiger charge is -2.38. The maximum atomic E-state index is 12.1.